The summed E-state index contributed by atoms with van der Waals surface area (Å²) < 4.78 is 5.16. The molecule has 5 heteroatoms. The summed E-state index contributed by atoms with van der Waals surface area (Å²) in [4.78, 5) is 14.0. The van der Waals surface area contributed by atoms with Crippen molar-refractivity contribution in [2.45, 2.75) is 51.1 Å². The molecule has 1 rings (SSSR count). The number of nitrogens with two attached hydrogens (primary N) is 2. The highest BCUT2D eigenvalue weighted by molar-refractivity contribution is 5.85. The molecule has 0 bridgehead atoms. The maximum atomic E-state index is 11.8. The number of rotatable bonds is 10. The molecule has 1 atom stereocenters. The van der Waals surface area contributed by atoms with E-state index in [2.05, 4.69) is 18.7 Å². The van der Waals surface area contributed by atoms with E-state index in [0.717, 1.165) is 32.2 Å². The van der Waals surface area contributed by atoms with Gasteiger partial charge in [-0.1, -0.05) is 13.8 Å². The number of carbonyl (C=O) groups excluding carboxylic acids is 1. The molecule has 1 fully saturated rings. The van der Waals surface area contributed by atoms with E-state index in [1.54, 1.807) is 7.11 Å². The van der Waals surface area contributed by atoms with Crippen molar-refractivity contribution in [3.63, 3.8) is 0 Å². The number of nitrogens with zero attached hydrogens (tertiary/aromatic N) is 1. The minimum atomic E-state index is -0.879. The third kappa shape index (κ3) is 4.16. The molecule has 0 saturated heterocycles. The molecule has 0 spiro atoms. The standard InChI is InChI=1S/C14H29N3O2/c1-4-12(5-2)17(8-9-19-3)10-14(16,13(15)18)11-6-7-11/h11-12H,4-10,16H2,1-3H3,(H2,15,18). The van der Waals surface area contributed by atoms with Crippen LogP contribution >= 0.6 is 0 Å². The van der Waals surface area contributed by atoms with E-state index in [4.69, 9.17) is 16.2 Å². The Morgan fingerprint density at radius 2 is 2.00 bits per heavy atom. The number of primary amides is 1. The van der Waals surface area contributed by atoms with Crippen molar-refractivity contribution in [3.05, 3.63) is 0 Å². The third-order valence-electron chi connectivity index (χ3n) is 4.27. The first-order valence-electron chi connectivity index (χ1n) is 7.31. The second-order valence-corrected chi connectivity index (χ2v) is 5.61. The van der Waals surface area contributed by atoms with Crippen LogP contribution in [0.2, 0.25) is 0 Å². The molecule has 0 aromatic carbocycles. The van der Waals surface area contributed by atoms with Gasteiger partial charge < -0.3 is 16.2 Å². The Morgan fingerprint density at radius 1 is 1.42 bits per heavy atom. The summed E-state index contributed by atoms with van der Waals surface area (Å²) in [6.45, 7) is 6.31. The van der Waals surface area contributed by atoms with Gasteiger partial charge in [0, 0.05) is 26.2 Å². The molecule has 1 unspecified atom stereocenters. The summed E-state index contributed by atoms with van der Waals surface area (Å²) in [6.07, 6.45) is 4.11. The number of hydrogen-bond donors (Lipinski definition) is 2. The van der Waals surface area contributed by atoms with Gasteiger partial charge in [0.1, 0.15) is 5.54 Å². The van der Waals surface area contributed by atoms with E-state index in [9.17, 15) is 4.79 Å². The maximum absolute atomic E-state index is 11.8. The SMILES string of the molecule is CCC(CC)N(CCOC)CC(N)(C(N)=O)C1CC1. The summed E-state index contributed by atoms with van der Waals surface area (Å²) in [7, 11) is 1.69. The molecule has 5 nitrogen and oxygen atoms in total. The number of amides is 1. The molecule has 1 aliphatic rings. The van der Waals surface area contributed by atoms with Crippen molar-refractivity contribution in [2.24, 2.45) is 17.4 Å². The minimum absolute atomic E-state index is 0.254. The molecule has 19 heavy (non-hydrogen) atoms. The van der Waals surface area contributed by atoms with Gasteiger partial charge in [-0.2, -0.15) is 0 Å². The van der Waals surface area contributed by atoms with E-state index in [1.807, 2.05) is 0 Å². The van der Waals surface area contributed by atoms with Crippen molar-refractivity contribution in [3.8, 4) is 0 Å². The lowest BCUT2D eigenvalue weighted by molar-refractivity contribution is -0.125. The Kier molecular flexibility index (Phi) is 6.23. The normalized spacial score (nSPS) is 18.8. The highest BCUT2D eigenvalue weighted by Crippen LogP contribution is 2.39. The molecular formula is C14H29N3O2. The van der Waals surface area contributed by atoms with E-state index in [1.165, 1.54) is 0 Å². The quantitative estimate of drug-likeness (QED) is 0.613. The Labute approximate surface area is 116 Å². The van der Waals surface area contributed by atoms with Gasteiger partial charge in [0.2, 0.25) is 5.91 Å². The van der Waals surface area contributed by atoms with Crippen molar-refractivity contribution >= 4 is 5.91 Å². The van der Waals surface area contributed by atoms with Gasteiger partial charge >= 0.3 is 0 Å². The Bertz CT molecular complexity index is 290. The number of methoxy groups -OCH3 is 1. The molecule has 0 aromatic heterocycles. The Hall–Kier alpha value is -0.650. The predicted octanol–water partition coefficient (Wildman–Crippen LogP) is 0.716. The third-order valence-corrected chi connectivity index (χ3v) is 4.27. The summed E-state index contributed by atoms with van der Waals surface area (Å²) >= 11 is 0. The molecule has 0 heterocycles. The lowest BCUT2D eigenvalue weighted by atomic mass is 9.91. The van der Waals surface area contributed by atoms with Crippen LogP contribution in [-0.2, 0) is 9.53 Å². The second-order valence-electron chi connectivity index (χ2n) is 5.61. The zero-order chi connectivity index (χ0) is 14.5. The average molecular weight is 271 g/mol. The first-order valence-corrected chi connectivity index (χ1v) is 7.31. The number of carbonyl (C=O) groups is 1. The summed E-state index contributed by atoms with van der Waals surface area (Å²) in [6, 6.07) is 0.427. The van der Waals surface area contributed by atoms with E-state index in [0.29, 0.717) is 19.2 Å². The zero-order valence-corrected chi connectivity index (χ0v) is 12.5. The number of hydrogen-bond acceptors (Lipinski definition) is 4. The molecule has 4 N–H and O–H groups in total. The summed E-state index contributed by atoms with van der Waals surface area (Å²) in [5.74, 6) is -0.118. The first-order chi connectivity index (χ1) is 8.99. The summed E-state index contributed by atoms with van der Waals surface area (Å²) in [5, 5.41) is 0. The minimum Gasteiger partial charge on any atom is -0.383 e. The van der Waals surface area contributed by atoms with Crippen LogP contribution in [0.15, 0.2) is 0 Å². The van der Waals surface area contributed by atoms with Crippen LogP contribution < -0.4 is 11.5 Å². The topological polar surface area (TPSA) is 81.6 Å². The molecule has 1 saturated carbocycles. The van der Waals surface area contributed by atoms with Crippen LogP contribution in [-0.4, -0.2) is 49.2 Å². The van der Waals surface area contributed by atoms with Crippen LogP contribution in [0, 0.1) is 5.92 Å². The smallest absolute Gasteiger partial charge is 0.239 e. The van der Waals surface area contributed by atoms with Gasteiger partial charge in [-0.15, -0.1) is 0 Å². The fourth-order valence-electron chi connectivity index (χ4n) is 2.75. The first kappa shape index (κ1) is 16.4. The molecule has 0 aliphatic heterocycles. The molecule has 112 valence electrons. The van der Waals surface area contributed by atoms with Gasteiger partial charge in [0.05, 0.1) is 6.61 Å². The van der Waals surface area contributed by atoms with Crippen molar-refractivity contribution in [2.75, 3.05) is 26.8 Å². The van der Waals surface area contributed by atoms with Gasteiger partial charge in [0.15, 0.2) is 0 Å². The van der Waals surface area contributed by atoms with Gasteiger partial charge in [-0.05, 0) is 31.6 Å². The molecule has 0 aromatic rings. The van der Waals surface area contributed by atoms with E-state index < -0.39 is 5.54 Å². The van der Waals surface area contributed by atoms with Crippen molar-refractivity contribution < 1.29 is 9.53 Å². The predicted molar refractivity (Wildman–Crippen MR) is 76.7 cm³/mol. The molecule has 1 aliphatic carbocycles. The highest BCUT2D eigenvalue weighted by Gasteiger charge is 2.48. The maximum Gasteiger partial charge on any atom is 0.239 e. The van der Waals surface area contributed by atoms with Gasteiger partial charge in [-0.25, -0.2) is 0 Å². The lowest BCUT2D eigenvalue weighted by Gasteiger charge is -2.37. The molecule has 1 amide bonds. The van der Waals surface area contributed by atoms with Crippen LogP contribution in [0.5, 0.6) is 0 Å². The van der Waals surface area contributed by atoms with Gasteiger partial charge in [0.25, 0.3) is 0 Å². The zero-order valence-electron chi connectivity index (χ0n) is 12.5. The van der Waals surface area contributed by atoms with Gasteiger partial charge in [-0.3, -0.25) is 9.69 Å². The number of ether oxygens (including phenoxy) is 1. The average Bonchev–Trinajstić information content (AvgIpc) is 3.21. The molecule has 0 radical (unpaired) electrons. The van der Waals surface area contributed by atoms with Crippen LogP contribution in [0.25, 0.3) is 0 Å². The van der Waals surface area contributed by atoms with Crippen LogP contribution in [0.1, 0.15) is 39.5 Å². The summed E-state index contributed by atoms with van der Waals surface area (Å²) in [5.41, 5.74) is 11.0. The Balaban J connectivity index is 2.75. The van der Waals surface area contributed by atoms with E-state index in [-0.39, 0.29) is 11.8 Å². The molecular weight excluding hydrogens is 242 g/mol. The highest BCUT2D eigenvalue weighted by atomic mass is 16.5. The fourth-order valence-corrected chi connectivity index (χ4v) is 2.75. The van der Waals surface area contributed by atoms with Crippen LogP contribution in [0.4, 0.5) is 0 Å². The second kappa shape index (κ2) is 7.22. The van der Waals surface area contributed by atoms with Crippen molar-refractivity contribution in [1.29, 1.82) is 0 Å². The van der Waals surface area contributed by atoms with Crippen LogP contribution in [0.3, 0.4) is 0 Å². The fraction of sp³-hybridized carbons (Fsp3) is 0.929. The largest absolute Gasteiger partial charge is 0.383 e. The van der Waals surface area contributed by atoms with E-state index >= 15 is 0 Å². The monoisotopic (exact) mass is 271 g/mol. The van der Waals surface area contributed by atoms with Crippen molar-refractivity contribution in [1.82, 2.24) is 4.90 Å². The Morgan fingerprint density at radius 3 is 2.37 bits per heavy atom. The lowest BCUT2D eigenvalue weighted by Crippen LogP contribution is -2.62.